The van der Waals surface area contributed by atoms with E-state index in [2.05, 4.69) is 30.9 Å². The number of rotatable bonds is 4. The maximum Gasteiger partial charge on any atom is 0.257 e. The van der Waals surface area contributed by atoms with Gasteiger partial charge in [-0.25, -0.2) is 0 Å². The van der Waals surface area contributed by atoms with Crippen molar-refractivity contribution in [1.29, 1.82) is 0 Å². The van der Waals surface area contributed by atoms with E-state index in [4.69, 9.17) is 4.52 Å². The van der Waals surface area contributed by atoms with Gasteiger partial charge >= 0.3 is 0 Å². The van der Waals surface area contributed by atoms with Crippen molar-refractivity contribution in [2.45, 2.75) is 33.6 Å². The van der Waals surface area contributed by atoms with Gasteiger partial charge in [-0.15, -0.1) is 0 Å². The number of hydrogen-bond acceptors (Lipinski definition) is 3. The van der Waals surface area contributed by atoms with Crippen molar-refractivity contribution in [2.24, 2.45) is 5.92 Å². The third-order valence-corrected chi connectivity index (χ3v) is 2.71. The highest BCUT2D eigenvalue weighted by molar-refractivity contribution is 5.53. The van der Waals surface area contributed by atoms with E-state index in [0.717, 1.165) is 24.2 Å². The second kappa shape index (κ2) is 5.13. The molecule has 0 N–H and O–H groups in total. The fourth-order valence-corrected chi connectivity index (χ4v) is 1.59. The van der Waals surface area contributed by atoms with E-state index < -0.39 is 0 Å². The summed E-state index contributed by atoms with van der Waals surface area (Å²) >= 11 is 0. The highest BCUT2D eigenvalue weighted by atomic mass is 16.5. The van der Waals surface area contributed by atoms with Crippen LogP contribution in [0.5, 0.6) is 0 Å². The molecule has 0 atom stereocenters. The van der Waals surface area contributed by atoms with E-state index in [9.17, 15) is 0 Å². The molecule has 0 amide bonds. The van der Waals surface area contributed by atoms with E-state index in [1.54, 1.807) is 0 Å². The van der Waals surface area contributed by atoms with Crippen LogP contribution in [-0.2, 0) is 6.42 Å². The van der Waals surface area contributed by atoms with Crippen LogP contribution in [0.1, 0.15) is 31.7 Å². The zero-order valence-corrected chi connectivity index (χ0v) is 10.6. The molecule has 0 radical (unpaired) electrons. The molecule has 1 heterocycles. The molecular weight excluding hydrogens is 212 g/mol. The molecule has 0 spiro atoms. The summed E-state index contributed by atoms with van der Waals surface area (Å²) in [7, 11) is 0. The smallest absolute Gasteiger partial charge is 0.257 e. The summed E-state index contributed by atoms with van der Waals surface area (Å²) < 4.78 is 5.26. The second-order valence-electron chi connectivity index (χ2n) is 4.81. The summed E-state index contributed by atoms with van der Waals surface area (Å²) in [6.07, 6.45) is 1.97. The average molecular weight is 230 g/mol. The molecule has 0 unspecified atom stereocenters. The predicted octanol–water partition coefficient (Wildman–Crippen LogP) is 3.63. The molecule has 0 aliphatic rings. The molecule has 3 nitrogen and oxygen atoms in total. The Kier molecular flexibility index (Phi) is 3.57. The molecule has 2 rings (SSSR count). The first-order chi connectivity index (χ1) is 8.15. The van der Waals surface area contributed by atoms with Crippen LogP contribution in [0.3, 0.4) is 0 Å². The minimum Gasteiger partial charge on any atom is -0.334 e. The van der Waals surface area contributed by atoms with Crippen molar-refractivity contribution in [3.05, 3.63) is 35.7 Å². The predicted molar refractivity (Wildman–Crippen MR) is 67.6 cm³/mol. The standard InChI is InChI=1S/C14H18N2O/c1-10(2)4-9-13-15-14(17-16-13)12-7-5-11(3)6-8-12/h5-8,10H,4,9H2,1-3H3. The van der Waals surface area contributed by atoms with E-state index in [1.165, 1.54) is 5.56 Å². The lowest BCUT2D eigenvalue weighted by Gasteiger charge is -1.98. The van der Waals surface area contributed by atoms with Gasteiger partial charge in [-0.05, 0) is 31.4 Å². The molecule has 90 valence electrons. The van der Waals surface area contributed by atoms with Gasteiger partial charge in [-0.1, -0.05) is 36.7 Å². The van der Waals surface area contributed by atoms with Gasteiger partial charge in [0.2, 0.25) is 0 Å². The monoisotopic (exact) mass is 230 g/mol. The lowest BCUT2D eigenvalue weighted by molar-refractivity contribution is 0.419. The van der Waals surface area contributed by atoms with Crippen molar-refractivity contribution in [1.82, 2.24) is 10.1 Å². The van der Waals surface area contributed by atoms with Crippen LogP contribution in [0.15, 0.2) is 28.8 Å². The Morgan fingerprint density at radius 1 is 1.18 bits per heavy atom. The first-order valence-electron chi connectivity index (χ1n) is 6.05. The van der Waals surface area contributed by atoms with Crippen molar-refractivity contribution in [3.63, 3.8) is 0 Å². The average Bonchev–Trinajstić information content (AvgIpc) is 2.76. The summed E-state index contributed by atoms with van der Waals surface area (Å²) in [5.41, 5.74) is 2.21. The Morgan fingerprint density at radius 3 is 2.53 bits per heavy atom. The number of nitrogens with zero attached hydrogens (tertiary/aromatic N) is 2. The summed E-state index contributed by atoms with van der Waals surface area (Å²) in [5, 5.41) is 4.00. The van der Waals surface area contributed by atoms with Crippen LogP contribution in [-0.4, -0.2) is 10.1 Å². The molecule has 3 heteroatoms. The van der Waals surface area contributed by atoms with E-state index in [1.807, 2.05) is 24.3 Å². The topological polar surface area (TPSA) is 38.9 Å². The highest BCUT2D eigenvalue weighted by Gasteiger charge is 2.08. The normalized spacial score (nSPS) is 11.1. The van der Waals surface area contributed by atoms with Gasteiger partial charge in [0.1, 0.15) is 0 Å². The summed E-state index contributed by atoms with van der Waals surface area (Å²) in [6.45, 7) is 6.45. The second-order valence-corrected chi connectivity index (χ2v) is 4.81. The third kappa shape index (κ3) is 3.16. The first-order valence-corrected chi connectivity index (χ1v) is 6.05. The molecule has 1 aromatic heterocycles. The van der Waals surface area contributed by atoms with Gasteiger partial charge in [0.05, 0.1) is 0 Å². The van der Waals surface area contributed by atoms with Gasteiger partial charge in [-0.3, -0.25) is 0 Å². The Morgan fingerprint density at radius 2 is 1.88 bits per heavy atom. The third-order valence-electron chi connectivity index (χ3n) is 2.71. The minimum atomic E-state index is 0.615. The van der Waals surface area contributed by atoms with Crippen LogP contribution in [0.4, 0.5) is 0 Å². The Hall–Kier alpha value is -1.64. The zero-order valence-electron chi connectivity index (χ0n) is 10.6. The Labute approximate surface area is 102 Å². The fraction of sp³-hybridized carbons (Fsp3) is 0.429. The molecule has 0 aliphatic heterocycles. The van der Waals surface area contributed by atoms with Crippen LogP contribution < -0.4 is 0 Å². The van der Waals surface area contributed by atoms with Crippen molar-refractivity contribution >= 4 is 0 Å². The van der Waals surface area contributed by atoms with Crippen LogP contribution in [0.25, 0.3) is 11.5 Å². The van der Waals surface area contributed by atoms with Gasteiger partial charge < -0.3 is 4.52 Å². The van der Waals surface area contributed by atoms with E-state index in [-0.39, 0.29) is 0 Å². The maximum atomic E-state index is 5.26. The molecule has 17 heavy (non-hydrogen) atoms. The van der Waals surface area contributed by atoms with E-state index >= 15 is 0 Å². The largest absolute Gasteiger partial charge is 0.334 e. The molecule has 0 fully saturated rings. The lowest BCUT2D eigenvalue weighted by Crippen LogP contribution is -1.93. The summed E-state index contributed by atoms with van der Waals surface area (Å²) in [4.78, 5) is 4.40. The Bertz CT molecular complexity index is 471. The quantitative estimate of drug-likeness (QED) is 0.805. The van der Waals surface area contributed by atoms with Crippen molar-refractivity contribution in [2.75, 3.05) is 0 Å². The highest BCUT2D eigenvalue weighted by Crippen LogP contribution is 2.18. The number of hydrogen-bond donors (Lipinski definition) is 0. The maximum absolute atomic E-state index is 5.26. The minimum absolute atomic E-state index is 0.615. The molecule has 0 aliphatic carbocycles. The van der Waals surface area contributed by atoms with Gasteiger partial charge in [0, 0.05) is 12.0 Å². The van der Waals surface area contributed by atoms with Gasteiger partial charge in [0.25, 0.3) is 5.89 Å². The molecular formula is C14H18N2O. The number of aromatic nitrogens is 2. The molecule has 2 aromatic rings. The first kappa shape index (κ1) is 11.8. The Balaban J connectivity index is 2.10. The van der Waals surface area contributed by atoms with Crippen LogP contribution in [0, 0.1) is 12.8 Å². The summed E-state index contributed by atoms with van der Waals surface area (Å²) in [6, 6.07) is 8.12. The van der Waals surface area contributed by atoms with Crippen molar-refractivity contribution in [3.8, 4) is 11.5 Å². The molecule has 1 aromatic carbocycles. The van der Waals surface area contributed by atoms with Gasteiger partial charge in [-0.2, -0.15) is 4.98 Å². The lowest BCUT2D eigenvalue weighted by atomic mass is 10.1. The van der Waals surface area contributed by atoms with Crippen LogP contribution in [0.2, 0.25) is 0 Å². The molecule has 0 saturated heterocycles. The fourth-order valence-electron chi connectivity index (χ4n) is 1.59. The van der Waals surface area contributed by atoms with Gasteiger partial charge in [0.15, 0.2) is 5.82 Å². The van der Waals surface area contributed by atoms with Crippen LogP contribution >= 0.6 is 0 Å². The van der Waals surface area contributed by atoms with E-state index in [0.29, 0.717) is 11.8 Å². The molecule has 0 saturated carbocycles. The SMILES string of the molecule is Cc1ccc(-c2nc(CCC(C)C)no2)cc1. The summed E-state index contributed by atoms with van der Waals surface area (Å²) in [5.74, 6) is 2.08. The number of benzene rings is 1. The molecule has 0 bridgehead atoms. The number of aryl methyl sites for hydroxylation is 2. The van der Waals surface area contributed by atoms with Crippen molar-refractivity contribution < 1.29 is 4.52 Å². The zero-order chi connectivity index (χ0) is 12.3.